The molecule has 0 unspecified atom stereocenters. The molecule has 1 aliphatic rings. The molecule has 2 rings (SSSR count). The molecule has 3 nitrogen and oxygen atoms in total. The fraction of sp³-hybridized carbons (Fsp3) is 0.462. The number of rotatable bonds is 4. The molecule has 17 heavy (non-hydrogen) atoms. The van der Waals surface area contributed by atoms with Gasteiger partial charge in [-0.05, 0) is 37.5 Å². The van der Waals surface area contributed by atoms with Crippen molar-refractivity contribution in [2.45, 2.75) is 31.3 Å². The van der Waals surface area contributed by atoms with Crippen LogP contribution in [0.1, 0.15) is 36.0 Å². The SMILES string of the molecule is COC1(CC(=O)c2ccc(N)c(Cl)c2)CCC1. The number of carbonyl (C=O) groups excluding carboxylic acids is 1. The lowest BCUT2D eigenvalue weighted by atomic mass is 9.76. The Kier molecular flexibility index (Phi) is 3.40. The minimum Gasteiger partial charge on any atom is -0.398 e. The van der Waals surface area contributed by atoms with Crippen LogP contribution in [0.5, 0.6) is 0 Å². The summed E-state index contributed by atoms with van der Waals surface area (Å²) >= 11 is 5.90. The molecule has 0 saturated heterocycles. The molecule has 92 valence electrons. The summed E-state index contributed by atoms with van der Waals surface area (Å²) in [6.45, 7) is 0. The van der Waals surface area contributed by atoms with Gasteiger partial charge >= 0.3 is 0 Å². The number of hydrogen-bond acceptors (Lipinski definition) is 3. The Labute approximate surface area is 106 Å². The standard InChI is InChI=1S/C13H16ClNO2/c1-17-13(5-2-6-13)8-12(16)9-3-4-11(15)10(14)7-9/h3-4,7H,2,5-6,8,15H2,1H3. The Hall–Kier alpha value is -1.06. The van der Waals surface area contributed by atoms with Gasteiger partial charge in [-0.3, -0.25) is 4.79 Å². The van der Waals surface area contributed by atoms with Crippen LogP contribution >= 0.6 is 11.6 Å². The molecule has 0 spiro atoms. The van der Waals surface area contributed by atoms with Crippen LogP contribution in [-0.2, 0) is 4.74 Å². The first-order chi connectivity index (χ1) is 8.06. The van der Waals surface area contributed by atoms with Crippen LogP contribution in [0.3, 0.4) is 0 Å². The summed E-state index contributed by atoms with van der Waals surface area (Å²) in [5, 5.41) is 0.427. The fourth-order valence-electron chi connectivity index (χ4n) is 2.12. The van der Waals surface area contributed by atoms with Gasteiger partial charge in [0.25, 0.3) is 0 Å². The molecule has 0 amide bonds. The quantitative estimate of drug-likeness (QED) is 0.663. The zero-order chi connectivity index (χ0) is 12.5. The van der Waals surface area contributed by atoms with Crippen LogP contribution in [0.4, 0.5) is 5.69 Å². The molecule has 4 heteroatoms. The first kappa shape index (κ1) is 12.4. The van der Waals surface area contributed by atoms with E-state index >= 15 is 0 Å². The van der Waals surface area contributed by atoms with Crippen molar-refractivity contribution in [2.24, 2.45) is 0 Å². The van der Waals surface area contributed by atoms with E-state index < -0.39 is 0 Å². The Morgan fingerprint density at radius 3 is 2.71 bits per heavy atom. The van der Waals surface area contributed by atoms with E-state index in [1.54, 1.807) is 25.3 Å². The topological polar surface area (TPSA) is 52.3 Å². The van der Waals surface area contributed by atoms with Gasteiger partial charge in [-0.2, -0.15) is 0 Å². The Bertz CT molecular complexity index is 436. The second-order valence-electron chi connectivity index (χ2n) is 4.58. The summed E-state index contributed by atoms with van der Waals surface area (Å²) in [6, 6.07) is 5.00. The van der Waals surface area contributed by atoms with Gasteiger partial charge in [-0.1, -0.05) is 11.6 Å². The number of benzene rings is 1. The largest absolute Gasteiger partial charge is 0.398 e. The molecule has 0 bridgehead atoms. The lowest BCUT2D eigenvalue weighted by Crippen LogP contribution is -2.41. The van der Waals surface area contributed by atoms with E-state index in [0.717, 1.165) is 19.3 Å². The van der Waals surface area contributed by atoms with Crippen molar-refractivity contribution in [1.82, 2.24) is 0 Å². The van der Waals surface area contributed by atoms with Crippen molar-refractivity contribution in [1.29, 1.82) is 0 Å². The van der Waals surface area contributed by atoms with E-state index in [0.29, 0.717) is 22.7 Å². The van der Waals surface area contributed by atoms with Crippen LogP contribution in [0.25, 0.3) is 0 Å². The van der Waals surface area contributed by atoms with Crippen molar-refractivity contribution < 1.29 is 9.53 Å². The fourth-order valence-corrected chi connectivity index (χ4v) is 2.30. The third-order valence-corrected chi connectivity index (χ3v) is 3.83. The molecule has 0 heterocycles. The zero-order valence-corrected chi connectivity index (χ0v) is 10.6. The lowest BCUT2D eigenvalue weighted by Gasteiger charge is -2.40. The number of ether oxygens (including phenoxy) is 1. The number of halogens is 1. The molecular weight excluding hydrogens is 238 g/mol. The Balaban J connectivity index is 2.11. The van der Waals surface area contributed by atoms with Crippen LogP contribution in [0.2, 0.25) is 5.02 Å². The lowest BCUT2D eigenvalue weighted by molar-refractivity contribution is -0.0704. The molecule has 0 aliphatic heterocycles. The predicted octanol–water partition coefficient (Wildman–Crippen LogP) is 3.06. The number of methoxy groups -OCH3 is 1. The van der Waals surface area contributed by atoms with Crippen LogP contribution in [-0.4, -0.2) is 18.5 Å². The minimum atomic E-state index is -0.245. The van der Waals surface area contributed by atoms with Gasteiger partial charge in [0.1, 0.15) is 0 Å². The molecule has 2 N–H and O–H groups in total. The average Bonchev–Trinajstić information content (AvgIpc) is 2.27. The van der Waals surface area contributed by atoms with Crippen LogP contribution < -0.4 is 5.73 Å². The first-order valence-electron chi connectivity index (χ1n) is 5.70. The highest BCUT2D eigenvalue weighted by Gasteiger charge is 2.39. The Morgan fingerprint density at radius 1 is 1.53 bits per heavy atom. The van der Waals surface area contributed by atoms with Crippen molar-refractivity contribution >= 4 is 23.1 Å². The summed E-state index contributed by atoms with van der Waals surface area (Å²) in [7, 11) is 1.67. The number of carbonyl (C=O) groups is 1. The van der Waals surface area contributed by atoms with Crippen molar-refractivity contribution in [3.63, 3.8) is 0 Å². The van der Waals surface area contributed by atoms with E-state index in [1.807, 2.05) is 0 Å². The third kappa shape index (κ3) is 2.45. The molecule has 0 atom stereocenters. The maximum absolute atomic E-state index is 12.1. The normalized spacial score (nSPS) is 17.5. The van der Waals surface area contributed by atoms with Gasteiger partial charge in [0.05, 0.1) is 16.3 Å². The molecular formula is C13H16ClNO2. The molecule has 1 aliphatic carbocycles. The first-order valence-corrected chi connectivity index (χ1v) is 6.07. The van der Waals surface area contributed by atoms with E-state index in [-0.39, 0.29) is 11.4 Å². The van der Waals surface area contributed by atoms with Gasteiger partial charge in [0, 0.05) is 19.1 Å². The van der Waals surface area contributed by atoms with Crippen molar-refractivity contribution in [3.05, 3.63) is 28.8 Å². The second kappa shape index (κ2) is 4.67. The van der Waals surface area contributed by atoms with E-state index in [2.05, 4.69) is 0 Å². The van der Waals surface area contributed by atoms with E-state index in [9.17, 15) is 4.79 Å². The molecule has 1 aromatic rings. The highest BCUT2D eigenvalue weighted by molar-refractivity contribution is 6.33. The summed E-state index contributed by atoms with van der Waals surface area (Å²) in [6.07, 6.45) is 3.46. The summed E-state index contributed by atoms with van der Waals surface area (Å²) in [4.78, 5) is 12.1. The number of Topliss-reactive ketones (excluding diaryl/α,β-unsaturated/α-hetero) is 1. The van der Waals surface area contributed by atoms with Crippen molar-refractivity contribution in [3.8, 4) is 0 Å². The summed E-state index contributed by atoms with van der Waals surface area (Å²) in [5.74, 6) is 0.0634. The molecule has 1 aromatic carbocycles. The van der Waals surface area contributed by atoms with E-state index in [4.69, 9.17) is 22.1 Å². The number of anilines is 1. The molecule has 1 saturated carbocycles. The Morgan fingerprint density at radius 2 is 2.24 bits per heavy atom. The molecule has 0 radical (unpaired) electrons. The predicted molar refractivity (Wildman–Crippen MR) is 68.4 cm³/mol. The zero-order valence-electron chi connectivity index (χ0n) is 9.83. The van der Waals surface area contributed by atoms with Gasteiger partial charge in [-0.15, -0.1) is 0 Å². The number of nitrogen functional groups attached to an aromatic ring is 1. The number of hydrogen-bond donors (Lipinski definition) is 1. The van der Waals surface area contributed by atoms with Gasteiger partial charge in [0.2, 0.25) is 0 Å². The van der Waals surface area contributed by atoms with Crippen LogP contribution in [0, 0.1) is 0 Å². The van der Waals surface area contributed by atoms with Gasteiger partial charge in [-0.25, -0.2) is 0 Å². The molecule has 0 aromatic heterocycles. The van der Waals surface area contributed by atoms with Gasteiger partial charge in [0.15, 0.2) is 5.78 Å². The second-order valence-corrected chi connectivity index (χ2v) is 4.98. The highest BCUT2D eigenvalue weighted by Crippen LogP contribution is 2.39. The molecule has 1 fully saturated rings. The highest BCUT2D eigenvalue weighted by atomic mass is 35.5. The minimum absolute atomic E-state index is 0.0634. The smallest absolute Gasteiger partial charge is 0.165 e. The monoisotopic (exact) mass is 253 g/mol. The summed E-state index contributed by atoms with van der Waals surface area (Å²) < 4.78 is 5.44. The third-order valence-electron chi connectivity index (χ3n) is 3.50. The maximum atomic E-state index is 12.1. The maximum Gasteiger partial charge on any atom is 0.165 e. The van der Waals surface area contributed by atoms with Crippen molar-refractivity contribution in [2.75, 3.05) is 12.8 Å². The van der Waals surface area contributed by atoms with Gasteiger partial charge < -0.3 is 10.5 Å². The van der Waals surface area contributed by atoms with Crippen LogP contribution in [0.15, 0.2) is 18.2 Å². The average molecular weight is 254 g/mol. The number of ketones is 1. The summed E-state index contributed by atoms with van der Waals surface area (Å²) in [5.41, 5.74) is 6.46. The van der Waals surface area contributed by atoms with E-state index in [1.165, 1.54) is 0 Å². The number of nitrogens with two attached hydrogens (primary N) is 1.